The summed E-state index contributed by atoms with van der Waals surface area (Å²) in [7, 11) is 0. The highest BCUT2D eigenvalue weighted by atomic mass is 127. The summed E-state index contributed by atoms with van der Waals surface area (Å²) in [5.74, 6) is 6.14. The SMILES string of the molecule is NNC(=NC1CCCC1)Nc1cccc(I)c1. The van der Waals surface area contributed by atoms with E-state index in [-0.39, 0.29) is 0 Å². The van der Waals surface area contributed by atoms with Crippen LogP contribution in [0.4, 0.5) is 5.69 Å². The average molecular weight is 344 g/mol. The van der Waals surface area contributed by atoms with Gasteiger partial charge in [-0.2, -0.15) is 0 Å². The predicted molar refractivity (Wildman–Crippen MR) is 79.8 cm³/mol. The maximum absolute atomic E-state index is 5.49. The number of rotatable bonds is 2. The minimum atomic E-state index is 0.413. The zero-order valence-electron chi connectivity index (χ0n) is 9.62. The summed E-state index contributed by atoms with van der Waals surface area (Å²) >= 11 is 2.28. The Kier molecular flexibility index (Phi) is 4.61. The number of anilines is 1. The highest BCUT2D eigenvalue weighted by Crippen LogP contribution is 2.21. The molecule has 1 aromatic rings. The Hall–Kier alpha value is -0.820. The van der Waals surface area contributed by atoms with E-state index in [4.69, 9.17) is 5.84 Å². The number of hydrazine groups is 1. The molecule has 2 rings (SSSR count). The summed E-state index contributed by atoms with van der Waals surface area (Å²) in [6.07, 6.45) is 4.88. The first kappa shape index (κ1) is 12.6. The minimum absolute atomic E-state index is 0.413. The topological polar surface area (TPSA) is 62.4 Å². The van der Waals surface area contributed by atoms with Crippen LogP contribution < -0.4 is 16.6 Å². The third kappa shape index (κ3) is 3.85. The maximum Gasteiger partial charge on any atom is 0.210 e. The first-order chi connectivity index (χ1) is 8.28. The van der Waals surface area contributed by atoms with E-state index in [1.165, 1.54) is 29.3 Å². The lowest BCUT2D eigenvalue weighted by atomic mass is 10.3. The van der Waals surface area contributed by atoms with Crippen molar-refractivity contribution in [3.63, 3.8) is 0 Å². The second kappa shape index (κ2) is 6.20. The molecular weight excluding hydrogens is 327 g/mol. The highest BCUT2D eigenvalue weighted by Gasteiger charge is 2.14. The van der Waals surface area contributed by atoms with E-state index in [0.29, 0.717) is 12.0 Å². The summed E-state index contributed by atoms with van der Waals surface area (Å²) in [5, 5.41) is 3.21. The number of nitrogens with zero attached hydrogens (tertiary/aromatic N) is 1. The van der Waals surface area contributed by atoms with E-state index in [2.05, 4.69) is 50.5 Å². The Morgan fingerprint density at radius 1 is 1.35 bits per heavy atom. The van der Waals surface area contributed by atoms with Crippen LogP contribution in [0, 0.1) is 3.57 Å². The molecule has 0 aromatic heterocycles. The molecule has 1 saturated carbocycles. The first-order valence-corrected chi connectivity index (χ1v) is 6.93. The number of halogens is 1. The zero-order chi connectivity index (χ0) is 12.1. The Bertz CT molecular complexity index is 399. The minimum Gasteiger partial charge on any atom is -0.325 e. The van der Waals surface area contributed by atoms with E-state index in [9.17, 15) is 0 Å². The fourth-order valence-corrected chi connectivity index (χ4v) is 2.57. The fourth-order valence-electron chi connectivity index (χ4n) is 2.02. The summed E-state index contributed by atoms with van der Waals surface area (Å²) < 4.78 is 1.19. The van der Waals surface area contributed by atoms with Crippen molar-refractivity contribution in [2.75, 3.05) is 5.32 Å². The van der Waals surface area contributed by atoms with Crippen LogP contribution in [0.1, 0.15) is 25.7 Å². The van der Waals surface area contributed by atoms with Crippen LogP contribution in [0.5, 0.6) is 0 Å². The maximum atomic E-state index is 5.49. The van der Waals surface area contributed by atoms with Crippen LogP contribution in [-0.2, 0) is 0 Å². The Labute approximate surface area is 115 Å². The number of nitrogens with one attached hydrogen (secondary N) is 2. The van der Waals surface area contributed by atoms with Crippen molar-refractivity contribution in [2.24, 2.45) is 10.8 Å². The number of aliphatic imine (C=N–C) groups is 1. The molecule has 4 nitrogen and oxygen atoms in total. The number of hydrogen-bond acceptors (Lipinski definition) is 2. The molecule has 0 aliphatic heterocycles. The van der Waals surface area contributed by atoms with E-state index >= 15 is 0 Å². The molecule has 1 fully saturated rings. The molecule has 0 heterocycles. The quantitative estimate of drug-likeness (QED) is 0.254. The summed E-state index contributed by atoms with van der Waals surface area (Å²) in [5.41, 5.74) is 3.64. The molecule has 92 valence electrons. The zero-order valence-corrected chi connectivity index (χ0v) is 11.8. The molecule has 5 heteroatoms. The van der Waals surface area contributed by atoms with Crippen LogP contribution in [0.2, 0.25) is 0 Å². The number of guanidine groups is 1. The van der Waals surface area contributed by atoms with Gasteiger partial charge in [-0.1, -0.05) is 18.9 Å². The predicted octanol–water partition coefficient (Wildman–Crippen LogP) is 2.46. The first-order valence-electron chi connectivity index (χ1n) is 5.85. The summed E-state index contributed by atoms with van der Waals surface area (Å²) in [4.78, 5) is 4.59. The summed E-state index contributed by atoms with van der Waals surface area (Å²) in [6, 6.07) is 8.53. The molecule has 0 saturated heterocycles. The third-order valence-electron chi connectivity index (χ3n) is 2.86. The van der Waals surface area contributed by atoms with Crippen molar-refractivity contribution in [3.8, 4) is 0 Å². The molecule has 17 heavy (non-hydrogen) atoms. The smallest absolute Gasteiger partial charge is 0.210 e. The van der Waals surface area contributed by atoms with Crippen LogP contribution in [0.3, 0.4) is 0 Å². The van der Waals surface area contributed by atoms with Crippen molar-refractivity contribution in [1.82, 2.24) is 5.43 Å². The molecule has 1 aliphatic carbocycles. The normalized spacial score (nSPS) is 17.2. The van der Waals surface area contributed by atoms with Gasteiger partial charge < -0.3 is 5.32 Å². The highest BCUT2D eigenvalue weighted by molar-refractivity contribution is 14.1. The van der Waals surface area contributed by atoms with Gasteiger partial charge in [-0.05, 0) is 53.6 Å². The number of nitrogens with two attached hydrogens (primary N) is 1. The molecular formula is C12H17IN4. The van der Waals surface area contributed by atoms with Crippen LogP contribution in [-0.4, -0.2) is 12.0 Å². The van der Waals surface area contributed by atoms with Crippen LogP contribution in [0.15, 0.2) is 29.3 Å². The Balaban J connectivity index is 2.03. The molecule has 0 radical (unpaired) electrons. The van der Waals surface area contributed by atoms with Gasteiger partial charge in [0.25, 0.3) is 0 Å². The number of benzene rings is 1. The van der Waals surface area contributed by atoms with Gasteiger partial charge in [0, 0.05) is 9.26 Å². The van der Waals surface area contributed by atoms with Crippen molar-refractivity contribution < 1.29 is 0 Å². The van der Waals surface area contributed by atoms with Gasteiger partial charge >= 0.3 is 0 Å². The van der Waals surface area contributed by atoms with E-state index in [0.717, 1.165) is 5.69 Å². The van der Waals surface area contributed by atoms with Crippen LogP contribution in [0.25, 0.3) is 0 Å². The Morgan fingerprint density at radius 3 is 2.76 bits per heavy atom. The van der Waals surface area contributed by atoms with E-state index in [1.807, 2.05) is 12.1 Å². The fraction of sp³-hybridized carbons (Fsp3) is 0.417. The van der Waals surface area contributed by atoms with E-state index < -0.39 is 0 Å². The van der Waals surface area contributed by atoms with Crippen molar-refractivity contribution in [3.05, 3.63) is 27.8 Å². The molecule has 0 atom stereocenters. The van der Waals surface area contributed by atoms with Crippen LogP contribution >= 0.6 is 22.6 Å². The van der Waals surface area contributed by atoms with Gasteiger partial charge in [0.2, 0.25) is 5.96 Å². The molecule has 0 bridgehead atoms. The lowest BCUT2D eigenvalue weighted by Crippen LogP contribution is -2.37. The van der Waals surface area contributed by atoms with Gasteiger partial charge in [-0.25, -0.2) is 10.8 Å². The second-order valence-electron chi connectivity index (χ2n) is 4.20. The third-order valence-corrected chi connectivity index (χ3v) is 3.53. The molecule has 4 N–H and O–H groups in total. The molecule has 1 aromatic carbocycles. The molecule has 0 amide bonds. The average Bonchev–Trinajstić information content (AvgIpc) is 2.81. The lowest BCUT2D eigenvalue weighted by molar-refractivity contribution is 0.700. The monoisotopic (exact) mass is 344 g/mol. The number of hydrogen-bond donors (Lipinski definition) is 3. The van der Waals surface area contributed by atoms with Gasteiger partial charge in [0.1, 0.15) is 0 Å². The summed E-state index contributed by atoms with van der Waals surface area (Å²) in [6.45, 7) is 0. The van der Waals surface area contributed by atoms with Gasteiger partial charge in [-0.15, -0.1) is 0 Å². The van der Waals surface area contributed by atoms with Crippen molar-refractivity contribution >= 4 is 34.2 Å². The standard InChI is InChI=1S/C12H17IN4/c13-9-4-3-7-11(8-9)16-12(17-14)15-10-5-1-2-6-10/h3-4,7-8,10H,1-2,5-6,14H2,(H2,15,16,17). The second-order valence-corrected chi connectivity index (χ2v) is 5.44. The van der Waals surface area contributed by atoms with Gasteiger partial charge in [0.05, 0.1) is 6.04 Å². The lowest BCUT2D eigenvalue weighted by Gasteiger charge is -2.11. The van der Waals surface area contributed by atoms with E-state index in [1.54, 1.807) is 0 Å². The van der Waals surface area contributed by atoms with Gasteiger partial charge in [-0.3, -0.25) is 5.43 Å². The van der Waals surface area contributed by atoms with Gasteiger partial charge in [0.15, 0.2) is 0 Å². The molecule has 0 spiro atoms. The van der Waals surface area contributed by atoms with Crippen molar-refractivity contribution in [2.45, 2.75) is 31.7 Å². The Morgan fingerprint density at radius 2 is 2.12 bits per heavy atom. The molecule has 1 aliphatic rings. The van der Waals surface area contributed by atoms with Crippen molar-refractivity contribution in [1.29, 1.82) is 0 Å². The molecule has 0 unspecified atom stereocenters. The largest absolute Gasteiger partial charge is 0.325 e.